The first kappa shape index (κ1) is 14.3. The van der Waals surface area contributed by atoms with Crippen LogP contribution in [0.2, 0.25) is 5.15 Å². The summed E-state index contributed by atoms with van der Waals surface area (Å²) in [7, 11) is 0. The van der Waals surface area contributed by atoms with Gasteiger partial charge in [0.2, 0.25) is 0 Å². The fourth-order valence-corrected chi connectivity index (χ4v) is 2.85. The van der Waals surface area contributed by atoms with E-state index in [9.17, 15) is 0 Å². The van der Waals surface area contributed by atoms with Crippen LogP contribution in [0.25, 0.3) is 10.8 Å². The van der Waals surface area contributed by atoms with E-state index in [0.29, 0.717) is 5.15 Å². The molecule has 5 heteroatoms. The quantitative estimate of drug-likeness (QED) is 0.662. The fraction of sp³-hybridized carbons (Fsp3) is 0.125. The summed E-state index contributed by atoms with van der Waals surface area (Å²) < 4.78 is 1.07. The molecule has 3 rings (SSSR count). The summed E-state index contributed by atoms with van der Waals surface area (Å²) in [5.41, 5.74) is 2.94. The van der Waals surface area contributed by atoms with Crippen LogP contribution in [0.15, 0.2) is 40.9 Å². The fourth-order valence-electron chi connectivity index (χ4n) is 2.19. The van der Waals surface area contributed by atoms with Crippen LogP contribution in [0.1, 0.15) is 11.1 Å². The van der Waals surface area contributed by atoms with Gasteiger partial charge in [-0.05, 0) is 42.5 Å². The van der Waals surface area contributed by atoms with E-state index >= 15 is 0 Å². The highest BCUT2D eigenvalue weighted by Crippen LogP contribution is 2.32. The number of rotatable bonds is 2. The van der Waals surface area contributed by atoms with Crippen LogP contribution in [0, 0.1) is 13.8 Å². The Morgan fingerprint density at radius 2 is 1.67 bits per heavy atom. The normalized spacial score (nSPS) is 10.9. The molecule has 0 aliphatic rings. The van der Waals surface area contributed by atoms with E-state index in [2.05, 4.69) is 43.6 Å². The summed E-state index contributed by atoms with van der Waals surface area (Å²) in [5, 5.41) is 14.2. The monoisotopic (exact) mass is 361 g/mol. The molecule has 0 bridgehead atoms. The van der Waals surface area contributed by atoms with Gasteiger partial charge < -0.3 is 5.32 Å². The van der Waals surface area contributed by atoms with Gasteiger partial charge in [-0.1, -0.05) is 51.8 Å². The molecule has 0 fully saturated rings. The second-order valence-corrected chi connectivity index (χ2v) is 6.07. The molecule has 106 valence electrons. The third-order valence-corrected chi connectivity index (χ3v) is 4.64. The molecule has 0 unspecified atom stereocenters. The number of hydrogen-bond donors (Lipinski definition) is 1. The summed E-state index contributed by atoms with van der Waals surface area (Å²) in [4.78, 5) is 0. The molecule has 0 aliphatic carbocycles. The van der Waals surface area contributed by atoms with Crippen molar-refractivity contribution in [1.82, 2.24) is 10.2 Å². The molecule has 1 N–H and O–H groups in total. The minimum absolute atomic E-state index is 0.443. The van der Waals surface area contributed by atoms with Crippen LogP contribution < -0.4 is 5.32 Å². The Kier molecular flexibility index (Phi) is 3.83. The van der Waals surface area contributed by atoms with Gasteiger partial charge in [0.15, 0.2) is 11.0 Å². The Bertz CT molecular complexity index is 833. The summed E-state index contributed by atoms with van der Waals surface area (Å²) in [6, 6.07) is 12.2. The smallest absolute Gasteiger partial charge is 0.156 e. The van der Waals surface area contributed by atoms with Crippen molar-refractivity contribution < 1.29 is 0 Å². The van der Waals surface area contributed by atoms with E-state index < -0.39 is 0 Å². The van der Waals surface area contributed by atoms with Crippen molar-refractivity contribution in [2.75, 3.05) is 5.32 Å². The highest BCUT2D eigenvalue weighted by molar-refractivity contribution is 9.10. The van der Waals surface area contributed by atoms with Gasteiger partial charge in [-0.3, -0.25) is 0 Å². The van der Waals surface area contributed by atoms with Crippen LogP contribution in [-0.4, -0.2) is 10.2 Å². The minimum Gasteiger partial charge on any atom is -0.338 e. The average molecular weight is 363 g/mol. The molecule has 0 atom stereocenters. The second kappa shape index (κ2) is 5.62. The Balaban J connectivity index is 2.11. The maximum absolute atomic E-state index is 6.00. The van der Waals surface area contributed by atoms with Gasteiger partial charge in [-0.15, -0.1) is 10.2 Å². The summed E-state index contributed by atoms with van der Waals surface area (Å²) in [5.74, 6) is 0.726. The maximum Gasteiger partial charge on any atom is 0.156 e. The lowest BCUT2D eigenvalue weighted by Gasteiger charge is -2.13. The molecule has 3 nitrogen and oxygen atoms in total. The van der Waals surface area contributed by atoms with Crippen LogP contribution >= 0.6 is 27.5 Å². The number of anilines is 2. The standard InChI is InChI=1S/C16H13BrClN3/c1-9-10(2)16(21-20-15(9)18)19-14-8-7-13(17)11-5-3-4-6-12(11)14/h3-8H,1-2H3,(H,19,21). The molecule has 0 aliphatic heterocycles. The Morgan fingerprint density at radius 3 is 2.43 bits per heavy atom. The van der Waals surface area contributed by atoms with Crippen molar-refractivity contribution in [3.8, 4) is 0 Å². The number of halogens is 2. The predicted octanol–water partition coefficient (Wildman–Crippen LogP) is 5.41. The van der Waals surface area contributed by atoms with Crippen molar-refractivity contribution in [3.63, 3.8) is 0 Å². The first-order chi connectivity index (χ1) is 10.1. The predicted molar refractivity (Wildman–Crippen MR) is 91.4 cm³/mol. The Labute approximate surface area is 136 Å². The molecule has 2 aromatic carbocycles. The first-order valence-corrected chi connectivity index (χ1v) is 7.68. The van der Waals surface area contributed by atoms with E-state index in [0.717, 1.165) is 37.9 Å². The Morgan fingerprint density at radius 1 is 0.952 bits per heavy atom. The topological polar surface area (TPSA) is 37.8 Å². The van der Waals surface area contributed by atoms with Crippen molar-refractivity contribution >= 4 is 49.8 Å². The van der Waals surface area contributed by atoms with Gasteiger partial charge in [-0.25, -0.2) is 0 Å². The van der Waals surface area contributed by atoms with Crippen LogP contribution in [0.3, 0.4) is 0 Å². The third kappa shape index (κ3) is 2.61. The van der Waals surface area contributed by atoms with Crippen molar-refractivity contribution in [1.29, 1.82) is 0 Å². The van der Waals surface area contributed by atoms with Crippen LogP contribution in [0.4, 0.5) is 11.5 Å². The molecule has 1 aromatic heterocycles. The van der Waals surface area contributed by atoms with E-state index in [-0.39, 0.29) is 0 Å². The van der Waals surface area contributed by atoms with Gasteiger partial charge in [0.05, 0.1) is 0 Å². The molecule has 0 spiro atoms. The van der Waals surface area contributed by atoms with Gasteiger partial charge in [0, 0.05) is 15.5 Å². The largest absolute Gasteiger partial charge is 0.338 e. The van der Waals surface area contributed by atoms with Crippen LogP contribution in [0.5, 0.6) is 0 Å². The van der Waals surface area contributed by atoms with Crippen molar-refractivity contribution in [2.24, 2.45) is 0 Å². The number of benzene rings is 2. The van der Waals surface area contributed by atoms with E-state index in [1.165, 1.54) is 0 Å². The first-order valence-electron chi connectivity index (χ1n) is 6.51. The average Bonchev–Trinajstić information content (AvgIpc) is 2.50. The second-order valence-electron chi connectivity index (χ2n) is 4.85. The lowest BCUT2D eigenvalue weighted by Crippen LogP contribution is -2.01. The van der Waals surface area contributed by atoms with E-state index in [1.807, 2.05) is 38.1 Å². The van der Waals surface area contributed by atoms with E-state index in [4.69, 9.17) is 11.6 Å². The Hall–Kier alpha value is -1.65. The zero-order valence-electron chi connectivity index (χ0n) is 11.6. The van der Waals surface area contributed by atoms with Gasteiger partial charge in [0.1, 0.15) is 0 Å². The third-order valence-electron chi connectivity index (χ3n) is 3.59. The molecule has 0 amide bonds. The van der Waals surface area contributed by atoms with Gasteiger partial charge >= 0.3 is 0 Å². The maximum atomic E-state index is 6.00. The molecule has 0 radical (unpaired) electrons. The SMILES string of the molecule is Cc1c(Cl)nnc(Nc2ccc(Br)c3ccccc23)c1C. The molecular formula is C16H13BrClN3. The highest BCUT2D eigenvalue weighted by atomic mass is 79.9. The number of nitrogens with zero attached hydrogens (tertiary/aromatic N) is 2. The summed E-state index contributed by atoms with van der Waals surface area (Å²) in [6.45, 7) is 3.93. The zero-order valence-corrected chi connectivity index (χ0v) is 14.0. The molecule has 1 heterocycles. The molecule has 0 saturated heterocycles. The van der Waals surface area contributed by atoms with Crippen molar-refractivity contribution in [2.45, 2.75) is 13.8 Å². The van der Waals surface area contributed by atoms with Gasteiger partial charge in [-0.2, -0.15) is 0 Å². The zero-order chi connectivity index (χ0) is 15.0. The minimum atomic E-state index is 0.443. The molecular weight excluding hydrogens is 350 g/mol. The van der Waals surface area contributed by atoms with Crippen molar-refractivity contribution in [3.05, 3.63) is 57.2 Å². The number of aromatic nitrogens is 2. The van der Waals surface area contributed by atoms with Gasteiger partial charge in [0.25, 0.3) is 0 Å². The number of hydrogen-bond acceptors (Lipinski definition) is 3. The lowest BCUT2D eigenvalue weighted by molar-refractivity contribution is 1.00. The highest BCUT2D eigenvalue weighted by Gasteiger charge is 2.10. The number of fused-ring (bicyclic) bond motifs is 1. The summed E-state index contributed by atoms with van der Waals surface area (Å²) in [6.07, 6.45) is 0. The lowest BCUT2D eigenvalue weighted by atomic mass is 10.1. The molecule has 21 heavy (non-hydrogen) atoms. The molecule has 3 aromatic rings. The van der Waals surface area contributed by atoms with Crippen LogP contribution in [-0.2, 0) is 0 Å². The summed E-state index contributed by atoms with van der Waals surface area (Å²) >= 11 is 9.58. The van der Waals surface area contributed by atoms with E-state index in [1.54, 1.807) is 0 Å². The number of nitrogens with one attached hydrogen (secondary N) is 1. The molecule has 0 saturated carbocycles.